The van der Waals surface area contributed by atoms with E-state index in [0.29, 0.717) is 5.31 Å². The second kappa shape index (κ2) is 4.73. The van der Waals surface area contributed by atoms with Gasteiger partial charge in [0.2, 0.25) is 0 Å². The van der Waals surface area contributed by atoms with Gasteiger partial charge in [0.1, 0.15) is 7.14 Å². The van der Waals surface area contributed by atoms with Crippen LogP contribution in [0, 0.1) is 0 Å². The third-order valence-electron chi connectivity index (χ3n) is 2.87. The number of hydrogen-bond acceptors (Lipinski definition) is 1. The van der Waals surface area contributed by atoms with E-state index in [1.165, 1.54) is 0 Å². The Morgan fingerprint density at radius 3 is 1.94 bits per heavy atom. The lowest BCUT2D eigenvalue weighted by Crippen LogP contribution is -2.03. The van der Waals surface area contributed by atoms with Crippen LogP contribution >= 0.6 is 7.14 Å². The number of benzene rings is 2. The Kier molecular flexibility index (Phi) is 3.31. The van der Waals surface area contributed by atoms with Crippen LogP contribution in [-0.4, -0.2) is 6.66 Å². The van der Waals surface area contributed by atoms with Crippen LogP contribution in [0.4, 0.5) is 0 Å². The maximum Gasteiger partial charge on any atom is 0.140 e. The van der Waals surface area contributed by atoms with Gasteiger partial charge < -0.3 is 4.57 Å². The maximum atomic E-state index is 12.8. The Labute approximate surface area is 102 Å². The van der Waals surface area contributed by atoms with Gasteiger partial charge in [-0.1, -0.05) is 67.2 Å². The van der Waals surface area contributed by atoms with Crippen LogP contribution in [0.2, 0.25) is 0 Å². The summed E-state index contributed by atoms with van der Waals surface area (Å²) in [5, 5.41) is 1.57. The van der Waals surface area contributed by atoms with Crippen molar-refractivity contribution >= 4 is 17.8 Å². The summed E-state index contributed by atoms with van der Waals surface area (Å²) in [6.45, 7) is 5.79. The molecule has 0 unspecified atom stereocenters. The third-order valence-corrected chi connectivity index (χ3v) is 5.44. The molecule has 0 aromatic heterocycles. The number of rotatable bonds is 3. The molecular weight excluding hydrogens is 227 g/mol. The molecule has 0 heterocycles. The zero-order valence-electron chi connectivity index (χ0n) is 9.84. The van der Waals surface area contributed by atoms with E-state index in [4.69, 9.17) is 0 Å². The summed E-state index contributed by atoms with van der Waals surface area (Å²) in [6, 6.07) is 19.2. The second-order valence-electron chi connectivity index (χ2n) is 4.07. The molecule has 86 valence electrons. The van der Waals surface area contributed by atoms with Gasteiger partial charge >= 0.3 is 0 Å². The molecule has 2 heteroatoms. The van der Waals surface area contributed by atoms with Crippen LogP contribution in [0.25, 0.3) is 5.31 Å². The van der Waals surface area contributed by atoms with Crippen molar-refractivity contribution < 1.29 is 4.57 Å². The highest BCUT2D eigenvalue weighted by Gasteiger charge is 2.22. The summed E-state index contributed by atoms with van der Waals surface area (Å²) in [4.78, 5) is 0. The number of hydrogen-bond donors (Lipinski definition) is 0. The fourth-order valence-corrected chi connectivity index (χ4v) is 3.44. The van der Waals surface area contributed by atoms with Crippen molar-refractivity contribution in [2.75, 3.05) is 6.66 Å². The summed E-state index contributed by atoms with van der Waals surface area (Å²) in [6.07, 6.45) is 0. The van der Waals surface area contributed by atoms with Gasteiger partial charge in [0.25, 0.3) is 0 Å². The molecule has 2 aromatic carbocycles. The van der Waals surface area contributed by atoms with Crippen molar-refractivity contribution in [3.63, 3.8) is 0 Å². The Bertz CT molecular complexity index is 558. The lowest BCUT2D eigenvalue weighted by atomic mass is 10.2. The largest absolute Gasteiger partial charge is 0.314 e. The highest BCUT2D eigenvalue weighted by atomic mass is 31.2. The standard InChI is InChI=1S/C15H15OP/c1-13(14-9-5-3-6-10-14)17(2,16)15-11-7-4-8-12-15/h3-12H,1H2,2H3/t17-/m0/s1. The molecule has 2 aromatic rings. The molecule has 17 heavy (non-hydrogen) atoms. The lowest BCUT2D eigenvalue weighted by Gasteiger charge is -2.16. The Morgan fingerprint density at radius 1 is 0.941 bits per heavy atom. The summed E-state index contributed by atoms with van der Waals surface area (Å²) < 4.78 is 12.8. The third kappa shape index (κ3) is 2.40. The first kappa shape index (κ1) is 11.9. The van der Waals surface area contributed by atoms with Gasteiger partial charge in [-0.25, -0.2) is 0 Å². The van der Waals surface area contributed by atoms with Crippen LogP contribution in [0.1, 0.15) is 5.56 Å². The molecular formula is C15H15OP. The molecule has 1 atom stereocenters. The highest BCUT2D eigenvalue weighted by molar-refractivity contribution is 7.80. The van der Waals surface area contributed by atoms with E-state index in [-0.39, 0.29) is 0 Å². The van der Waals surface area contributed by atoms with Crippen molar-refractivity contribution in [3.8, 4) is 0 Å². The second-order valence-corrected chi connectivity index (χ2v) is 6.98. The summed E-state index contributed by atoms with van der Waals surface area (Å²) in [5.41, 5.74) is 0.946. The average Bonchev–Trinajstić information content (AvgIpc) is 2.40. The maximum absolute atomic E-state index is 12.8. The molecule has 0 fully saturated rings. The topological polar surface area (TPSA) is 17.1 Å². The molecule has 0 radical (unpaired) electrons. The average molecular weight is 242 g/mol. The summed E-state index contributed by atoms with van der Waals surface area (Å²) in [7, 11) is -2.55. The zero-order valence-corrected chi connectivity index (χ0v) is 10.7. The zero-order chi connectivity index (χ0) is 12.3. The van der Waals surface area contributed by atoms with E-state index in [1.54, 1.807) is 6.66 Å². The molecule has 0 aliphatic carbocycles. The Balaban J connectivity index is 2.41. The van der Waals surface area contributed by atoms with Crippen molar-refractivity contribution in [2.45, 2.75) is 0 Å². The van der Waals surface area contributed by atoms with E-state index < -0.39 is 7.14 Å². The van der Waals surface area contributed by atoms with Crippen molar-refractivity contribution in [1.29, 1.82) is 0 Å². The monoisotopic (exact) mass is 242 g/mol. The molecule has 0 N–H and O–H groups in total. The molecule has 0 aliphatic rings. The first-order valence-electron chi connectivity index (χ1n) is 5.50. The Morgan fingerprint density at radius 2 is 1.41 bits per heavy atom. The van der Waals surface area contributed by atoms with Crippen molar-refractivity contribution in [3.05, 3.63) is 72.8 Å². The highest BCUT2D eigenvalue weighted by Crippen LogP contribution is 2.53. The summed E-state index contributed by atoms with van der Waals surface area (Å²) in [5.74, 6) is 0. The minimum Gasteiger partial charge on any atom is -0.314 e. The fourth-order valence-electron chi connectivity index (χ4n) is 1.75. The van der Waals surface area contributed by atoms with E-state index in [9.17, 15) is 4.57 Å². The van der Waals surface area contributed by atoms with Crippen LogP contribution in [-0.2, 0) is 4.57 Å². The van der Waals surface area contributed by atoms with Crippen LogP contribution < -0.4 is 5.30 Å². The van der Waals surface area contributed by atoms with Crippen LogP contribution in [0.5, 0.6) is 0 Å². The van der Waals surface area contributed by atoms with Gasteiger partial charge in [-0.3, -0.25) is 0 Å². The lowest BCUT2D eigenvalue weighted by molar-refractivity contribution is 0.591. The van der Waals surface area contributed by atoms with Gasteiger partial charge in [0.05, 0.1) is 0 Å². The summed E-state index contributed by atoms with van der Waals surface area (Å²) >= 11 is 0. The molecule has 0 aliphatic heterocycles. The first-order chi connectivity index (χ1) is 8.12. The fraction of sp³-hybridized carbons (Fsp3) is 0.0667. The molecule has 0 amide bonds. The SMILES string of the molecule is C=C(c1ccccc1)[P@](C)(=O)c1ccccc1. The van der Waals surface area contributed by atoms with Gasteiger partial charge in [0, 0.05) is 10.6 Å². The molecule has 0 bridgehead atoms. The van der Waals surface area contributed by atoms with Crippen LogP contribution in [0.15, 0.2) is 67.2 Å². The molecule has 1 nitrogen and oxygen atoms in total. The van der Waals surface area contributed by atoms with E-state index in [1.807, 2.05) is 60.7 Å². The van der Waals surface area contributed by atoms with Gasteiger partial charge in [-0.2, -0.15) is 0 Å². The predicted molar refractivity (Wildman–Crippen MR) is 75.1 cm³/mol. The van der Waals surface area contributed by atoms with Gasteiger partial charge in [-0.05, 0) is 12.2 Å². The first-order valence-corrected chi connectivity index (χ1v) is 7.66. The molecule has 2 rings (SSSR count). The van der Waals surface area contributed by atoms with E-state index in [0.717, 1.165) is 10.9 Å². The molecule has 0 saturated heterocycles. The molecule has 0 spiro atoms. The quantitative estimate of drug-likeness (QED) is 0.744. The normalized spacial score (nSPS) is 13.9. The minimum atomic E-state index is -2.55. The van der Waals surface area contributed by atoms with Gasteiger partial charge in [0.15, 0.2) is 0 Å². The van der Waals surface area contributed by atoms with Crippen molar-refractivity contribution in [2.24, 2.45) is 0 Å². The van der Waals surface area contributed by atoms with Crippen molar-refractivity contribution in [1.82, 2.24) is 0 Å². The minimum absolute atomic E-state index is 0.712. The van der Waals surface area contributed by atoms with E-state index in [2.05, 4.69) is 6.58 Å². The predicted octanol–water partition coefficient (Wildman–Crippen LogP) is 3.98. The van der Waals surface area contributed by atoms with Gasteiger partial charge in [-0.15, -0.1) is 0 Å². The molecule has 0 saturated carbocycles. The Hall–Kier alpha value is -1.59. The smallest absolute Gasteiger partial charge is 0.140 e. The van der Waals surface area contributed by atoms with Crippen LogP contribution in [0.3, 0.4) is 0 Å². The van der Waals surface area contributed by atoms with E-state index >= 15 is 0 Å².